The molecule has 1 atom stereocenters. The summed E-state index contributed by atoms with van der Waals surface area (Å²) in [6.45, 7) is 7.19. The molecule has 290 valence electrons. The van der Waals surface area contributed by atoms with Crippen molar-refractivity contribution in [2.24, 2.45) is 0 Å². The molecule has 2 aromatic carbocycles. The molecule has 0 saturated carbocycles. The van der Waals surface area contributed by atoms with Crippen LogP contribution in [0.1, 0.15) is 56.6 Å². The van der Waals surface area contributed by atoms with E-state index in [4.69, 9.17) is 9.47 Å². The van der Waals surface area contributed by atoms with Crippen LogP contribution in [0, 0.1) is 0 Å². The lowest BCUT2D eigenvalue weighted by Gasteiger charge is -2.43. The summed E-state index contributed by atoms with van der Waals surface area (Å²) in [6.07, 6.45) is 2.37. The van der Waals surface area contributed by atoms with Crippen molar-refractivity contribution < 1.29 is 38.6 Å². The topological polar surface area (TPSA) is 152 Å². The van der Waals surface area contributed by atoms with E-state index in [9.17, 15) is 29.1 Å². The van der Waals surface area contributed by atoms with Crippen molar-refractivity contribution in [1.29, 1.82) is 0 Å². The molecule has 15 heteroatoms. The molecule has 6 rings (SSSR count). The molecular weight excluding hydrogens is 691 g/mol. The van der Waals surface area contributed by atoms with Crippen molar-refractivity contribution >= 4 is 48.9 Å². The number of aromatic hydroxyl groups is 1. The van der Waals surface area contributed by atoms with Gasteiger partial charge in [-0.1, -0.05) is 30.3 Å². The first-order valence-electron chi connectivity index (χ1n) is 19.5. The van der Waals surface area contributed by atoms with Gasteiger partial charge < -0.3 is 39.5 Å². The number of benzene rings is 2. The molecule has 0 spiro atoms. The first-order chi connectivity index (χ1) is 26.1. The minimum absolute atomic E-state index is 0.0122. The number of carbonyl (C=O) groups excluding carboxylic acids is 5. The van der Waals surface area contributed by atoms with E-state index in [1.165, 1.54) is 0 Å². The summed E-state index contributed by atoms with van der Waals surface area (Å²) in [6, 6.07) is 13.1. The largest absolute Gasteiger partial charge is 0.509 e. The lowest BCUT2D eigenvalue weighted by molar-refractivity contribution is -0.146. The predicted molar refractivity (Wildman–Crippen MR) is 204 cm³/mol. The number of amides is 5. The van der Waals surface area contributed by atoms with Crippen LogP contribution in [0.4, 0.5) is 15.3 Å². The summed E-state index contributed by atoms with van der Waals surface area (Å²) < 4.78 is 11.0. The Kier molecular flexibility index (Phi) is 13.0. The number of piperazine rings is 1. The second kappa shape index (κ2) is 18.0. The molecule has 4 aliphatic heterocycles. The van der Waals surface area contributed by atoms with E-state index >= 15 is 0 Å². The molecule has 4 heterocycles. The van der Waals surface area contributed by atoms with Gasteiger partial charge in [0.25, 0.3) is 5.91 Å². The molecule has 0 bridgehead atoms. The first kappa shape index (κ1) is 38.9. The zero-order chi connectivity index (χ0) is 38.2. The van der Waals surface area contributed by atoms with Gasteiger partial charge in [0.15, 0.2) is 6.10 Å². The van der Waals surface area contributed by atoms with E-state index in [1.54, 1.807) is 36.7 Å². The van der Waals surface area contributed by atoms with Crippen LogP contribution in [-0.2, 0) is 36.7 Å². The van der Waals surface area contributed by atoms with Gasteiger partial charge >= 0.3 is 18.1 Å². The lowest BCUT2D eigenvalue weighted by Crippen LogP contribution is -2.56. The predicted octanol–water partition coefficient (Wildman–Crippen LogP) is 1.73. The Balaban J connectivity index is 1.01. The summed E-state index contributed by atoms with van der Waals surface area (Å²) in [4.78, 5) is 74.6. The third-order valence-electron chi connectivity index (χ3n) is 11.3. The van der Waals surface area contributed by atoms with Crippen LogP contribution in [-0.4, -0.2) is 151 Å². The molecule has 0 unspecified atom stereocenters. The summed E-state index contributed by atoms with van der Waals surface area (Å²) in [5.41, 5.74) is 3.41. The van der Waals surface area contributed by atoms with Crippen molar-refractivity contribution in [3.63, 3.8) is 0 Å². The Morgan fingerprint density at radius 1 is 0.852 bits per heavy atom. The quantitative estimate of drug-likeness (QED) is 0.274. The smallest absolute Gasteiger partial charge is 0.410 e. The number of rotatable bonds is 10. The molecule has 3 fully saturated rings. The van der Waals surface area contributed by atoms with Crippen LogP contribution < -0.4 is 10.8 Å². The van der Waals surface area contributed by atoms with Crippen LogP contribution >= 0.6 is 0 Å². The number of para-hydroxylation sites is 1. The van der Waals surface area contributed by atoms with Crippen LogP contribution in [0.15, 0.2) is 42.5 Å². The second-order valence-corrected chi connectivity index (χ2v) is 14.7. The normalized spacial score (nSPS) is 19.4. The average molecular weight is 745 g/mol. The number of piperidine rings is 2. The van der Waals surface area contributed by atoms with Crippen molar-refractivity contribution in [2.45, 2.75) is 76.5 Å². The number of phenolic OH excluding ortho intramolecular Hbond substituents is 1. The highest BCUT2D eigenvalue weighted by Gasteiger charge is 2.37. The molecule has 5 amide bonds. The van der Waals surface area contributed by atoms with Gasteiger partial charge in [0.2, 0.25) is 5.91 Å². The number of esters is 1. The highest BCUT2D eigenvalue weighted by atomic mass is 16.6. The summed E-state index contributed by atoms with van der Waals surface area (Å²) in [5.74, 6) is -0.464. The van der Waals surface area contributed by atoms with Gasteiger partial charge in [0, 0.05) is 89.5 Å². The molecule has 2 aromatic rings. The Hall–Kier alpha value is -4.79. The van der Waals surface area contributed by atoms with Gasteiger partial charge in [-0.3, -0.25) is 19.3 Å². The number of fused-ring (bicyclic) bond motifs is 1. The van der Waals surface area contributed by atoms with Gasteiger partial charge in [-0.15, -0.1) is 0 Å². The number of anilines is 1. The number of likely N-dealkylation sites (tertiary alicyclic amines) is 2. The van der Waals surface area contributed by atoms with Crippen LogP contribution in [0.3, 0.4) is 0 Å². The maximum Gasteiger partial charge on any atom is 0.410 e. The SMILES string of the molecule is Bc1cc(C[C@@H](OC(=O)N2CCC(N3CCc4ccccc4NC3=O)CC2)C(=O)N2CCC(N3CCN(C(=O)CCC(=O)OCC)CC3)CC2)ccc1O. The highest BCUT2D eigenvalue weighted by molar-refractivity contribution is 6.34. The van der Waals surface area contributed by atoms with Crippen molar-refractivity contribution in [1.82, 2.24) is 24.5 Å². The highest BCUT2D eigenvalue weighted by Crippen LogP contribution is 2.26. The molecule has 54 heavy (non-hydrogen) atoms. The fourth-order valence-electron chi connectivity index (χ4n) is 8.12. The standard InChI is InChI=1S/C39H53BN6O8/c1-2-53-36(49)10-9-35(48)43-23-21-42(22-24-43)29-12-16-44(17-13-29)37(50)34(26-27-7-8-33(47)31(40)25-27)54-39(52)45-18-14-30(15-19-45)46-20-11-28-5-3-4-6-32(28)41-38(46)51/h3-8,25,29-30,34,47H,2,9-24,26,40H2,1H3,(H,41,51)/t34-/m1/s1. The van der Waals surface area contributed by atoms with Gasteiger partial charge in [-0.05, 0) is 67.8 Å². The maximum atomic E-state index is 14.1. The second-order valence-electron chi connectivity index (χ2n) is 14.7. The fourth-order valence-corrected chi connectivity index (χ4v) is 8.12. The number of carbonyl (C=O) groups is 5. The maximum absolute atomic E-state index is 14.1. The van der Waals surface area contributed by atoms with Crippen molar-refractivity contribution in [3.8, 4) is 5.75 Å². The zero-order valence-electron chi connectivity index (χ0n) is 31.5. The van der Waals surface area contributed by atoms with Gasteiger partial charge in [0.1, 0.15) is 13.6 Å². The molecule has 2 N–H and O–H groups in total. The number of urea groups is 1. The number of ether oxygens (including phenoxy) is 2. The van der Waals surface area contributed by atoms with E-state index in [0.29, 0.717) is 70.7 Å². The number of hydrogen-bond donors (Lipinski definition) is 2. The Bertz CT molecular complexity index is 1670. The monoisotopic (exact) mass is 744 g/mol. The molecule has 0 radical (unpaired) electrons. The summed E-state index contributed by atoms with van der Waals surface area (Å²) in [5, 5.41) is 13.1. The number of nitrogens with zero attached hydrogens (tertiary/aromatic N) is 5. The molecular formula is C39H53BN6O8. The van der Waals surface area contributed by atoms with Crippen molar-refractivity contribution in [2.75, 3.05) is 70.8 Å². The van der Waals surface area contributed by atoms with Gasteiger partial charge in [0.05, 0.1) is 13.0 Å². The Labute approximate surface area is 318 Å². The van der Waals surface area contributed by atoms with Crippen molar-refractivity contribution in [3.05, 3.63) is 53.6 Å². The summed E-state index contributed by atoms with van der Waals surface area (Å²) in [7, 11) is 1.79. The van der Waals surface area contributed by atoms with Gasteiger partial charge in [-0.2, -0.15) is 0 Å². The number of hydrogen-bond acceptors (Lipinski definition) is 9. The lowest BCUT2D eigenvalue weighted by atomic mass is 9.91. The fraction of sp³-hybridized carbons (Fsp3) is 0.564. The Morgan fingerprint density at radius 2 is 1.54 bits per heavy atom. The van der Waals surface area contributed by atoms with Crippen LogP contribution in [0.5, 0.6) is 5.75 Å². The molecule has 0 aliphatic carbocycles. The number of phenols is 1. The van der Waals surface area contributed by atoms with Gasteiger partial charge in [-0.25, -0.2) is 9.59 Å². The van der Waals surface area contributed by atoms with E-state index in [-0.39, 0.29) is 60.9 Å². The average Bonchev–Trinajstić information content (AvgIpc) is 3.36. The Morgan fingerprint density at radius 3 is 2.24 bits per heavy atom. The molecule has 3 saturated heterocycles. The van der Waals surface area contributed by atoms with E-state index < -0.39 is 12.2 Å². The van der Waals surface area contributed by atoms with E-state index in [0.717, 1.165) is 49.2 Å². The third-order valence-corrected chi connectivity index (χ3v) is 11.3. The third kappa shape index (κ3) is 9.65. The van der Waals surface area contributed by atoms with Crippen LogP contribution in [0.2, 0.25) is 0 Å². The molecule has 14 nitrogen and oxygen atoms in total. The van der Waals surface area contributed by atoms with E-state index in [2.05, 4.69) is 10.2 Å². The van der Waals surface area contributed by atoms with E-state index in [1.807, 2.05) is 40.1 Å². The summed E-state index contributed by atoms with van der Waals surface area (Å²) >= 11 is 0. The molecule has 0 aromatic heterocycles. The minimum Gasteiger partial charge on any atom is -0.509 e. The van der Waals surface area contributed by atoms with Crippen LogP contribution in [0.25, 0.3) is 0 Å². The zero-order valence-corrected chi connectivity index (χ0v) is 31.5. The first-order valence-corrected chi connectivity index (χ1v) is 19.5. The number of nitrogens with one attached hydrogen (secondary N) is 1. The minimum atomic E-state index is -1.03. The molecule has 4 aliphatic rings.